The molecule has 0 saturated heterocycles. The molecular weight excluding hydrogens is 178 g/mol. The Morgan fingerprint density at radius 1 is 1.36 bits per heavy atom. The van der Waals surface area contributed by atoms with Gasteiger partial charge in [-0.25, -0.2) is 0 Å². The number of hydrogen-bond acceptors (Lipinski definition) is 3. The first-order chi connectivity index (χ1) is 6.69. The van der Waals surface area contributed by atoms with Gasteiger partial charge in [-0.2, -0.15) is 0 Å². The average Bonchev–Trinajstić information content (AvgIpc) is 2.18. The maximum Gasteiger partial charge on any atom is 0.122 e. The zero-order valence-corrected chi connectivity index (χ0v) is 7.83. The Hall–Kier alpha value is -1.70. The molecule has 0 atom stereocenters. The molecule has 3 nitrogen and oxygen atoms in total. The number of rotatable bonds is 3. The number of aromatic hydroxyl groups is 2. The lowest BCUT2D eigenvalue weighted by Gasteiger charge is -2.07. The molecule has 4 N–H and O–H groups in total. The Labute approximate surface area is 82.8 Å². The standard InChI is InChI=1S/C11H13NO2/c1-2-8(7-12)6-9-10(13)4-3-5-11(9)14/h3-5,13-14H,1,6-7,12H2. The van der Waals surface area contributed by atoms with Crippen molar-refractivity contribution >= 4 is 0 Å². The Morgan fingerprint density at radius 2 is 1.93 bits per heavy atom. The van der Waals surface area contributed by atoms with E-state index in [0.29, 0.717) is 18.5 Å². The van der Waals surface area contributed by atoms with Crippen molar-refractivity contribution < 1.29 is 10.2 Å². The molecule has 74 valence electrons. The fraction of sp³-hybridized carbons (Fsp3) is 0.182. The second-order valence-corrected chi connectivity index (χ2v) is 2.94. The van der Waals surface area contributed by atoms with Crippen LogP contribution >= 0.6 is 0 Å². The summed E-state index contributed by atoms with van der Waals surface area (Å²) in [6.07, 6.45) is 0.374. The molecular formula is C11H13NO2. The molecule has 1 aromatic rings. The topological polar surface area (TPSA) is 66.5 Å². The van der Waals surface area contributed by atoms with Gasteiger partial charge in [0.25, 0.3) is 0 Å². The predicted molar refractivity (Wildman–Crippen MR) is 55.2 cm³/mol. The second-order valence-electron chi connectivity index (χ2n) is 2.94. The molecule has 3 heteroatoms. The molecule has 0 spiro atoms. The smallest absolute Gasteiger partial charge is 0.122 e. The molecule has 1 rings (SSSR count). The van der Waals surface area contributed by atoms with Crippen LogP contribution in [0.15, 0.2) is 36.1 Å². The summed E-state index contributed by atoms with van der Waals surface area (Å²) in [6.45, 7) is 3.80. The van der Waals surface area contributed by atoms with Crippen LogP contribution in [0.4, 0.5) is 0 Å². The summed E-state index contributed by atoms with van der Waals surface area (Å²) in [5, 5.41) is 18.9. The van der Waals surface area contributed by atoms with Crippen molar-refractivity contribution in [1.29, 1.82) is 0 Å². The second kappa shape index (κ2) is 4.51. The van der Waals surface area contributed by atoms with Gasteiger partial charge >= 0.3 is 0 Å². The van der Waals surface area contributed by atoms with Gasteiger partial charge < -0.3 is 15.9 Å². The van der Waals surface area contributed by atoms with Gasteiger partial charge in [0.15, 0.2) is 0 Å². The van der Waals surface area contributed by atoms with Gasteiger partial charge in [0, 0.05) is 18.5 Å². The van der Waals surface area contributed by atoms with E-state index in [1.165, 1.54) is 12.1 Å². The molecule has 0 fully saturated rings. The number of hydrogen-bond donors (Lipinski definition) is 3. The van der Waals surface area contributed by atoms with Crippen LogP contribution in [0.1, 0.15) is 5.56 Å². The molecule has 0 aliphatic rings. The van der Waals surface area contributed by atoms with E-state index >= 15 is 0 Å². The van der Waals surface area contributed by atoms with E-state index in [2.05, 4.69) is 12.3 Å². The van der Waals surface area contributed by atoms with Crippen LogP contribution in [0.25, 0.3) is 0 Å². The SMILES string of the molecule is C=C=C(CN)Cc1c(O)cccc1O. The van der Waals surface area contributed by atoms with Crippen LogP contribution in [0, 0.1) is 0 Å². The van der Waals surface area contributed by atoms with Gasteiger partial charge in [0.05, 0.1) is 0 Å². The number of phenols is 2. The Kier molecular flexibility index (Phi) is 3.35. The first-order valence-corrected chi connectivity index (χ1v) is 4.26. The van der Waals surface area contributed by atoms with Gasteiger partial charge in [-0.1, -0.05) is 12.6 Å². The molecule has 0 aliphatic carbocycles. The maximum absolute atomic E-state index is 9.47. The zero-order valence-electron chi connectivity index (χ0n) is 7.83. The van der Waals surface area contributed by atoms with Gasteiger partial charge in [-0.05, 0) is 17.7 Å². The maximum atomic E-state index is 9.47. The first kappa shape index (κ1) is 10.4. The van der Waals surface area contributed by atoms with Crippen molar-refractivity contribution in [2.45, 2.75) is 6.42 Å². The monoisotopic (exact) mass is 191 g/mol. The molecule has 0 radical (unpaired) electrons. The molecule has 1 aromatic carbocycles. The van der Waals surface area contributed by atoms with Crippen LogP contribution in [-0.4, -0.2) is 16.8 Å². The minimum absolute atomic E-state index is 0.0613. The molecule has 0 saturated carbocycles. The fourth-order valence-corrected chi connectivity index (χ4v) is 1.16. The molecule has 0 unspecified atom stereocenters. The quantitative estimate of drug-likeness (QED) is 0.631. The van der Waals surface area contributed by atoms with E-state index in [0.717, 1.165) is 5.57 Å². The van der Waals surface area contributed by atoms with E-state index < -0.39 is 0 Å². The summed E-state index contributed by atoms with van der Waals surface area (Å²) in [6, 6.07) is 4.62. The lowest BCUT2D eigenvalue weighted by molar-refractivity contribution is 0.440. The molecule has 0 bridgehead atoms. The highest BCUT2D eigenvalue weighted by atomic mass is 16.3. The fourth-order valence-electron chi connectivity index (χ4n) is 1.16. The zero-order chi connectivity index (χ0) is 10.6. The molecule has 0 amide bonds. The van der Waals surface area contributed by atoms with Crippen LogP contribution < -0.4 is 5.73 Å². The summed E-state index contributed by atoms with van der Waals surface area (Å²) in [7, 11) is 0. The highest BCUT2D eigenvalue weighted by Gasteiger charge is 2.07. The van der Waals surface area contributed by atoms with Crippen molar-refractivity contribution in [3.63, 3.8) is 0 Å². The van der Waals surface area contributed by atoms with Crippen molar-refractivity contribution in [3.05, 3.63) is 41.6 Å². The Balaban J connectivity index is 3.02. The molecule has 0 heterocycles. The van der Waals surface area contributed by atoms with Gasteiger partial charge in [-0.15, -0.1) is 5.73 Å². The normalized spacial score (nSPS) is 9.50. The first-order valence-electron chi connectivity index (χ1n) is 4.26. The van der Waals surface area contributed by atoms with Crippen LogP contribution in [0.5, 0.6) is 11.5 Å². The van der Waals surface area contributed by atoms with Crippen molar-refractivity contribution in [3.8, 4) is 11.5 Å². The number of benzene rings is 1. The lowest BCUT2D eigenvalue weighted by atomic mass is 10.0. The molecule has 0 aromatic heterocycles. The summed E-state index contributed by atoms with van der Waals surface area (Å²) in [5.74, 6) is 0.123. The molecule has 0 aliphatic heterocycles. The third-order valence-corrected chi connectivity index (χ3v) is 2.01. The van der Waals surface area contributed by atoms with Crippen LogP contribution in [0.2, 0.25) is 0 Å². The van der Waals surface area contributed by atoms with E-state index in [4.69, 9.17) is 5.73 Å². The largest absolute Gasteiger partial charge is 0.508 e. The van der Waals surface area contributed by atoms with E-state index in [9.17, 15) is 10.2 Å². The highest BCUT2D eigenvalue weighted by Crippen LogP contribution is 2.28. The summed E-state index contributed by atoms with van der Waals surface area (Å²) in [4.78, 5) is 0. The van der Waals surface area contributed by atoms with Gasteiger partial charge in [-0.3, -0.25) is 0 Å². The summed E-state index contributed by atoms with van der Waals surface area (Å²) < 4.78 is 0. The number of nitrogens with two attached hydrogens (primary N) is 1. The van der Waals surface area contributed by atoms with Crippen LogP contribution in [-0.2, 0) is 6.42 Å². The van der Waals surface area contributed by atoms with Crippen molar-refractivity contribution in [1.82, 2.24) is 0 Å². The Morgan fingerprint density at radius 3 is 2.36 bits per heavy atom. The van der Waals surface area contributed by atoms with Gasteiger partial charge in [0.2, 0.25) is 0 Å². The number of phenolic OH excluding ortho intramolecular Hbond substituents is 2. The highest BCUT2D eigenvalue weighted by molar-refractivity contribution is 5.45. The van der Waals surface area contributed by atoms with E-state index in [1.54, 1.807) is 6.07 Å². The third-order valence-electron chi connectivity index (χ3n) is 2.01. The van der Waals surface area contributed by atoms with Crippen LogP contribution in [0.3, 0.4) is 0 Å². The summed E-state index contributed by atoms with van der Waals surface area (Å²) >= 11 is 0. The molecule has 14 heavy (non-hydrogen) atoms. The van der Waals surface area contributed by atoms with E-state index in [1.807, 2.05) is 0 Å². The average molecular weight is 191 g/mol. The lowest BCUT2D eigenvalue weighted by Crippen LogP contribution is -2.05. The summed E-state index contributed by atoms with van der Waals surface area (Å²) in [5.41, 5.74) is 9.32. The minimum Gasteiger partial charge on any atom is -0.508 e. The van der Waals surface area contributed by atoms with Crippen molar-refractivity contribution in [2.24, 2.45) is 5.73 Å². The predicted octanol–water partition coefficient (Wildman–Crippen LogP) is 1.31. The van der Waals surface area contributed by atoms with Crippen molar-refractivity contribution in [2.75, 3.05) is 6.54 Å². The minimum atomic E-state index is 0.0613. The Bertz CT molecular complexity index is 359. The van der Waals surface area contributed by atoms with Gasteiger partial charge in [0.1, 0.15) is 11.5 Å². The third kappa shape index (κ3) is 2.16. The van der Waals surface area contributed by atoms with E-state index in [-0.39, 0.29) is 11.5 Å².